The lowest BCUT2D eigenvalue weighted by Gasteiger charge is -2.15. The van der Waals surface area contributed by atoms with Gasteiger partial charge in [-0.2, -0.15) is 0 Å². The molecule has 0 aliphatic heterocycles. The lowest BCUT2D eigenvalue weighted by Crippen LogP contribution is -2.08. The van der Waals surface area contributed by atoms with Crippen LogP contribution in [0.15, 0.2) is 24.7 Å². The van der Waals surface area contributed by atoms with Gasteiger partial charge in [0.05, 0.1) is 30.9 Å². The lowest BCUT2D eigenvalue weighted by molar-refractivity contribution is 0.111. The maximum absolute atomic E-state index is 11.2. The van der Waals surface area contributed by atoms with Crippen molar-refractivity contribution in [2.24, 2.45) is 0 Å². The topological polar surface area (TPSA) is 53.4 Å². The van der Waals surface area contributed by atoms with Gasteiger partial charge in [-0.25, -0.2) is 4.98 Å². The van der Waals surface area contributed by atoms with Gasteiger partial charge in [0.2, 0.25) is 0 Å². The molecule has 1 aromatic carbocycles. The summed E-state index contributed by atoms with van der Waals surface area (Å²) < 4.78 is 13.0. The molecule has 0 bridgehead atoms. The molecular formula is C15H17ClN2O3. The Morgan fingerprint density at radius 2 is 2.19 bits per heavy atom. The van der Waals surface area contributed by atoms with E-state index < -0.39 is 0 Å². The van der Waals surface area contributed by atoms with Crippen LogP contribution in [-0.4, -0.2) is 22.9 Å². The van der Waals surface area contributed by atoms with Crippen molar-refractivity contribution in [3.8, 4) is 11.5 Å². The highest BCUT2D eigenvalue weighted by Crippen LogP contribution is 2.34. The predicted octanol–water partition coefficient (Wildman–Crippen LogP) is 3.52. The molecule has 0 radical (unpaired) electrons. The molecule has 1 aromatic heterocycles. The van der Waals surface area contributed by atoms with Crippen molar-refractivity contribution < 1.29 is 14.3 Å². The molecule has 0 saturated heterocycles. The fourth-order valence-corrected chi connectivity index (χ4v) is 2.25. The van der Waals surface area contributed by atoms with Crippen LogP contribution in [0, 0.1) is 0 Å². The van der Waals surface area contributed by atoms with Gasteiger partial charge in [0.25, 0.3) is 0 Å². The molecule has 0 saturated carbocycles. The van der Waals surface area contributed by atoms with E-state index in [1.165, 1.54) is 7.11 Å². The summed E-state index contributed by atoms with van der Waals surface area (Å²) in [6.45, 7) is 4.41. The highest BCUT2D eigenvalue weighted by molar-refractivity contribution is 6.31. The van der Waals surface area contributed by atoms with Crippen molar-refractivity contribution in [1.29, 1.82) is 0 Å². The number of halogens is 1. The van der Waals surface area contributed by atoms with Crippen LogP contribution < -0.4 is 9.47 Å². The Balaban J connectivity index is 2.27. The number of hydrogen-bond donors (Lipinski definition) is 0. The van der Waals surface area contributed by atoms with Crippen LogP contribution in [0.25, 0.3) is 0 Å². The number of rotatable bonds is 6. The molecule has 2 aromatic rings. The third-order valence-corrected chi connectivity index (χ3v) is 3.28. The van der Waals surface area contributed by atoms with E-state index in [0.717, 1.165) is 5.69 Å². The number of imidazole rings is 1. The summed E-state index contributed by atoms with van der Waals surface area (Å²) in [6.07, 6.45) is 4.19. The highest BCUT2D eigenvalue weighted by Gasteiger charge is 2.14. The van der Waals surface area contributed by atoms with E-state index in [1.54, 1.807) is 24.7 Å². The van der Waals surface area contributed by atoms with Gasteiger partial charge in [-0.1, -0.05) is 11.6 Å². The second-order valence-corrected chi connectivity index (χ2v) is 5.26. The average molecular weight is 309 g/mol. The Hall–Kier alpha value is -2.01. The van der Waals surface area contributed by atoms with Crippen LogP contribution in [0.4, 0.5) is 0 Å². The molecule has 6 heteroatoms. The second-order valence-electron chi connectivity index (χ2n) is 4.82. The van der Waals surface area contributed by atoms with Crippen molar-refractivity contribution in [3.05, 3.63) is 40.9 Å². The predicted molar refractivity (Wildman–Crippen MR) is 80.3 cm³/mol. The van der Waals surface area contributed by atoms with Gasteiger partial charge in [0.15, 0.2) is 17.8 Å². The van der Waals surface area contributed by atoms with E-state index in [4.69, 9.17) is 21.1 Å². The fourth-order valence-electron chi connectivity index (χ4n) is 2.04. The number of carbonyl (C=O) groups is 1. The summed E-state index contributed by atoms with van der Waals surface area (Å²) >= 11 is 5.94. The summed E-state index contributed by atoms with van der Waals surface area (Å²) in [5.41, 5.74) is 1.27. The zero-order valence-electron chi connectivity index (χ0n) is 12.2. The third-order valence-electron chi connectivity index (χ3n) is 3.06. The summed E-state index contributed by atoms with van der Waals surface area (Å²) in [4.78, 5) is 15.3. The van der Waals surface area contributed by atoms with Gasteiger partial charge in [0, 0.05) is 17.1 Å². The molecule has 2 rings (SSSR count). The molecule has 112 valence electrons. The minimum atomic E-state index is 0.281. The number of nitrogens with zero attached hydrogens (tertiary/aromatic N) is 2. The standard InChI is InChI=1S/C15H17ClN2O3/c1-10(2)18-9-17-6-13(18)8-21-15-11(7-19)4-12(16)5-14(15)20-3/h4-7,9-10H,8H2,1-3H3. The number of methoxy groups -OCH3 is 1. The van der Waals surface area contributed by atoms with Gasteiger partial charge in [0.1, 0.15) is 6.61 Å². The molecule has 1 heterocycles. The Morgan fingerprint density at radius 1 is 1.43 bits per heavy atom. The van der Waals surface area contributed by atoms with Crippen molar-refractivity contribution >= 4 is 17.9 Å². The summed E-state index contributed by atoms with van der Waals surface area (Å²) in [6, 6.07) is 3.44. The van der Waals surface area contributed by atoms with Crippen molar-refractivity contribution in [2.75, 3.05) is 7.11 Å². The molecule has 0 N–H and O–H groups in total. The van der Waals surface area contributed by atoms with Gasteiger partial charge < -0.3 is 14.0 Å². The first-order chi connectivity index (χ1) is 10.1. The maximum Gasteiger partial charge on any atom is 0.172 e. The van der Waals surface area contributed by atoms with Crippen molar-refractivity contribution in [2.45, 2.75) is 26.5 Å². The average Bonchev–Trinajstić information content (AvgIpc) is 2.93. The molecule has 0 aliphatic rings. The first-order valence-electron chi connectivity index (χ1n) is 6.53. The van der Waals surface area contributed by atoms with E-state index >= 15 is 0 Å². The molecule has 0 fully saturated rings. The molecule has 5 nitrogen and oxygen atoms in total. The van der Waals surface area contributed by atoms with E-state index in [1.807, 2.05) is 4.57 Å². The van der Waals surface area contributed by atoms with E-state index in [9.17, 15) is 4.79 Å². The number of carbonyl (C=O) groups excluding carboxylic acids is 1. The zero-order chi connectivity index (χ0) is 15.4. The number of aldehydes is 1. The van der Waals surface area contributed by atoms with Crippen LogP contribution in [0.1, 0.15) is 35.9 Å². The van der Waals surface area contributed by atoms with E-state index in [2.05, 4.69) is 18.8 Å². The normalized spacial score (nSPS) is 10.7. The molecule has 0 unspecified atom stereocenters. The van der Waals surface area contributed by atoms with Gasteiger partial charge in [-0.05, 0) is 19.9 Å². The quantitative estimate of drug-likeness (QED) is 0.766. The number of aromatic nitrogens is 2. The van der Waals surface area contributed by atoms with Crippen LogP contribution in [0.3, 0.4) is 0 Å². The summed E-state index contributed by atoms with van der Waals surface area (Å²) in [5, 5.41) is 0.425. The second kappa shape index (κ2) is 6.63. The molecule has 0 atom stereocenters. The Kier molecular flexibility index (Phi) is 4.85. The zero-order valence-corrected chi connectivity index (χ0v) is 12.9. The van der Waals surface area contributed by atoms with Crippen molar-refractivity contribution in [3.63, 3.8) is 0 Å². The van der Waals surface area contributed by atoms with Crippen LogP contribution >= 0.6 is 11.6 Å². The minimum Gasteiger partial charge on any atom is -0.493 e. The SMILES string of the molecule is COc1cc(Cl)cc(C=O)c1OCc1cncn1C(C)C. The number of hydrogen-bond acceptors (Lipinski definition) is 4. The maximum atomic E-state index is 11.2. The Labute approximate surface area is 128 Å². The Morgan fingerprint density at radius 3 is 2.81 bits per heavy atom. The smallest absolute Gasteiger partial charge is 0.172 e. The molecule has 21 heavy (non-hydrogen) atoms. The fraction of sp³-hybridized carbons (Fsp3) is 0.333. The van der Waals surface area contributed by atoms with Crippen LogP contribution in [0.5, 0.6) is 11.5 Å². The summed E-state index contributed by atoms with van der Waals surface area (Å²) in [7, 11) is 1.51. The first kappa shape index (κ1) is 15.4. The number of ether oxygens (including phenoxy) is 2. The van der Waals surface area contributed by atoms with Crippen LogP contribution in [0.2, 0.25) is 5.02 Å². The van der Waals surface area contributed by atoms with Gasteiger partial charge in [-0.3, -0.25) is 4.79 Å². The molecule has 0 amide bonds. The van der Waals surface area contributed by atoms with Crippen molar-refractivity contribution in [1.82, 2.24) is 9.55 Å². The number of benzene rings is 1. The first-order valence-corrected chi connectivity index (χ1v) is 6.90. The molecule has 0 aliphatic carbocycles. The molecular weight excluding hydrogens is 292 g/mol. The van der Waals surface area contributed by atoms with Crippen LogP contribution in [-0.2, 0) is 6.61 Å². The largest absolute Gasteiger partial charge is 0.493 e. The monoisotopic (exact) mass is 308 g/mol. The van der Waals surface area contributed by atoms with E-state index in [-0.39, 0.29) is 12.6 Å². The Bertz CT molecular complexity index is 638. The van der Waals surface area contributed by atoms with Gasteiger partial charge >= 0.3 is 0 Å². The molecule has 0 spiro atoms. The lowest BCUT2D eigenvalue weighted by atomic mass is 10.2. The summed E-state index contributed by atoms with van der Waals surface area (Å²) in [5.74, 6) is 0.814. The third kappa shape index (κ3) is 3.36. The van der Waals surface area contributed by atoms with Gasteiger partial charge in [-0.15, -0.1) is 0 Å². The van der Waals surface area contributed by atoms with E-state index in [0.29, 0.717) is 28.4 Å². The highest BCUT2D eigenvalue weighted by atomic mass is 35.5. The minimum absolute atomic E-state index is 0.281.